The van der Waals surface area contributed by atoms with Crippen LogP contribution in [-0.4, -0.2) is 18.7 Å². The second kappa shape index (κ2) is 21.6. The Morgan fingerprint density at radius 3 is 1.24 bits per heavy atom. The number of aromatic nitrogens is 4. The monoisotopic (exact) mass is 1330 g/mol. The SMILES string of the molecule is Brc1ccc2c(c1)c1ccccc1n2-c1ccccc1.CC1(C)c2c(ccc3ccccc23)-c2c1c1ccccc1c1c2[nH]c2ccccc21.CC1(C)c2c(ccc3ccccc23)-c2c1c1ccccc1c1c3ccccc3n(-c3ccc4c(c3)c3ccccc3n4-c3ccccc3)c21. The summed E-state index contributed by atoms with van der Waals surface area (Å²) in [6.45, 7) is 9.65. The van der Waals surface area contributed by atoms with Crippen molar-refractivity contribution in [1.82, 2.24) is 18.7 Å². The number of rotatable bonds is 3. The Labute approximate surface area is 581 Å². The van der Waals surface area contributed by atoms with E-state index in [9.17, 15) is 0 Å². The second-order valence-corrected chi connectivity index (χ2v) is 28.9. The van der Waals surface area contributed by atoms with Gasteiger partial charge in [0.2, 0.25) is 0 Å². The number of H-pyrrole nitrogens is 1. The highest BCUT2D eigenvalue weighted by Gasteiger charge is 2.43. The summed E-state index contributed by atoms with van der Waals surface area (Å²) in [5.74, 6) is 0. The molecule has 4 nitrogen and oxygen atoms in total. The molecule has 0 bridgehead atoms. The number of halogens is 1. The molecule has 20 aromatic rings. The molecule has 22 rings (SSSR count). The van der Waals surface area contributed by atoms with Gasteiger partial charge in [0.05, 0.1) is 38.6 Å². The molecule has 0 fully saturated rings. The maximum Gasteiger partial charge on any atom is 0.0629 e. The third kappa shape index (κ3) is 8.26. The smallest absolute Gasteiger partial charge is 0.0629 e. The van der Waals surface area contributed by atoms with E-state index in [-0.39, 0.29) is 10.8 Å². The van der Waals surface area contributed by atoms with Gasteiger partial charge in [-0.15, -0.1) is 0 Å². The molecule has 0 saturated heterocycles. The number of nitrogens with zero attached hydrogens (tertiary/aromatic N) is 3. The normalized spacial score (nSPS) is 13.5. The zero-order valence-corrected chi connectivity index (χ0v) is 56.8. The predicted octanol–water partition coefficient (Wildman–Crippen LogP) is 26.0. The number of aromatic amines is 1. The minimum atomic E-state index is -0.187. The van der Waals surface area contributed by atoms with Crippen LogP contribution in [0.5, 0.6) is 0 Å². The lowest BCUT2D eigenvalue weighted by atomic mass is 9.78. The molecule has 2 aliphatic carbocycles. The van der Waals surface area contributed by atoms with Crippen molar-refractivity contribution in [2.45, 2.75) is 38.5 Å². The number of fused-ring (bicyclic) bond motifs is 30. The molecule has 0 radical (unpaired) electrons. The predicted molar refractivity (Wildman–Crippen MR) is 425 cm³/mol. The van der Waals surface area contributed by atoms with Crippen LogP contribution in [0.15, 0.2) is 320 Å². The quantitative estimate of drug-likeness (QED) is 0.183. The lowest BCUT2D eigenvalue weighted by Gasteiger charge is -2.25. The standard InChI is InChI=1S/C47H32N2.C29H21N.C18H12BrN/c1-47(2)44-32-17-7-6-14-29(32)24-26-37(44)43-45(47)35-20-9-8-19-34(35)42-36-21-11-13-23-40(36)49(46(42)43)31-25-27-41-38(28-31)33-18-10-12-22-39(33)48(41)30-15-4-3-5-16-30;1-29(2)26-18-10-4-3-9-17(18)15-16-22(26)25-27(29)20-12-6-5-11-19(20)24-21-13-7-8-14-23(21)30-28(24)25;19-13-10-11-18-16(12-13)15-8-4-5-9-17(15)20(18)14-6-2-1-3-7-14/h3-28H,1-2H3;3-16,30H,1-2H3;1-12H. The highest BCUT2D eigenvalue weighted by molar-refractivity contribution is 9.10. The van der Waals surface area contributed by atoms with Gasteiger partial charge in [-0.2, -0.15) is 0 Å². The molecule has 16 aromatic carbocycles. The van der Waals surface area contributed by atoms with Gasteiger partial charge in [-0.3, -0.25) is 0 Å². The van der Waals surface area contributed by atoms with Crippen molar-refractivity contribution in [1.29, 1.82) is 0 Å². The fourth-order valence-corrected chi connectivity index (χ4v) is 18.5. The Morgan fingerprint density at radius 1 is 0.273 bits per heavy atom. The van der Waals surface area contributed by atoms with E-state index in [1.807, 2.05) is 6.07 Å². The van der Waals surface area contributed by atoms with Gasteiger partial charge in [0.25, 0.3) is 0 Å². The number of benzene rings is 16. The highest BCUT2D eigenvalue weighted by atomic mass is 79.9. The molecule has 0 spiro atoms. The van der Waals surface area contributed by atoms with Crippen molar-refractivity contribution < 1.29 is 0 Å². The van der Waals surface area contributed by atoms with Crippen LogP contribution < -0.4 is 0 Å². The van der Waals surface area contributed by atoms with Gasteiger partial charge < -0.3 is 18.7 Å². The summed E-state index contributed by atoms with van der Waals surface area (Å²) in [5, 5.41) is 21.0. The number of para-hydroxylation sites is 6. The topological polar surface area (TPSA) is 30.6 Å². The Kier molecular flexibility index (Phi) is 12.6. The van der Waals surface area contributed by atoms with Crippen molar-refractivity contribution in [3.05, 3.63) is 342 Å². The van der Waals surface area contributed by atoms with Crippen molar-refractivity contribution in [2.24, 2.45) is 0 Å². The van der Waals surface area contributed by atoms with E-state index in [2.05, 4.69) is 372 Å². The Morgan fingerprint density at radius 2 is 0.677 bits per heavy atom. The second-order valence-electron chi connectivity index (χ2n) is 28.0. The first-order valence-electron chi connectivity index (χ1n) is 34.4. The van der Waals surface area contributed by atoms with Gasteiger partial charge >= 0.3 is 0 Å². The zero-order valence-electron chi connectivity index (χ0n) is 55.2. The summed E-state index contributed by atoms with van der Waals surface area (Å²) in [5.41, 5.74) is 24.4. The maximum absolute atomic E-state index is 3.80. The van der Waals surface area contributed by atoms with E-state index < -0.39 is 0 Å². The first-order chi connectivity index (χ1) is 48.6. The number of hydrogen-bond acceptors (Lipinski definition) is 0. The average molecular weight is 1330 g/mol. The van der Waals surface area contributed by atoms with Crippen LogP contribution in [0.2, 0.25) is 0 Å². The molecule has 99 heavy (non-hydrogen) atoms. The van der Waals surface area contributed by atoms with Crippen molar-refractivity contribution in [2.75, 3.05) is 0 Å². The van der Waals surface area contributed by atoms with Crippen LogP contribution in [0, 0.1) is 0 Å². The molecule has 4 heterocycles. The van der Waals surface area contributed by atoms with E-state index in [1.54, 1.807) is 0 Å². The maximum atomic E-state index is 3.80. The van der Waals surface area contributed by atoms with E-state index >= 15 is 0 Å². The average Bonchev–Trinajstić information content (AvgIpc) is 1.52. The van der Waals surface area contributed by atoms with Crippen LogP contribution in [0.1, 0.15) is 49.9 Å². The first kappa shape index (κ1) is 57.5. The molecule has 0 aliphatic heterocycles. The molecule has 2 aliphatic rings. The summed E-state index contributed by atoms with van der Waals surface area (Å²) >= 11 is 3.57. The third-order valence-corrected chi connectivity index (χ3v) is 22.5. The summed E-state index contributed by atoms with van der Waals surface area (Å²) in [6.07, 6.45) is 0. The van der Waals surface area contributed by atoms with Crippen molar-refractivity contribution in [3.63, 3.8) is 0 Å². The van der Waals surface area contributed by atoms with Crippen molar-refractivity contribution >= 4 is 146 Å². The van der Waals surface area contributed by atoms with Crippen LogP contribution in [0.3, 0.4) is 0 Å². The lowest BCUT2D eigenvalue weighted by Crippen LogP contribution is -2.16. The Bertz CT molecular complexity index is 6790. The summed E-state index contributed by atoms with van der Waals surface area (Å²) in [6, 6.07) is 115. The molecule has 0 unspecified atom stereocenters. The Hall–Kier alpha value is -11.8. The summed E-state index contributed by atoms with van der Waals surface area (Å²) < 4.78 is 8.39. The fraction of sp³-hybridized carbons (Fsp3) is 0.0638. The number of nitrogens with one attached hydrogen (secondary N) is 1. The molecular weight excluding hydrogens is 1260 g/mol. The van der Waals surface area contributed by atoms with E-state index in [0.717, 1.165) is 4.47 Å². The van der Waals surface area contributed by atoms with Crippen LogP contribution in [-0.2, 0) is 10.8 Å². The molecule has 5 heteroatoms. The third-order valence-electron chi connectivity index (χ3n) is 22.0. The van der Waals surface area contributed by atoms with Gasteiger partial charge in [0, 0.05) is 92.1 Å². The zero-order chi connectivity index (χ0) is 66.0. The molecule has 0 saturated carbocycles. The number of hydrogen-bond donors (Lipinski definition) is 1. The molecule has 468 valence electrons. The Balaban J connectivity index is 0.000000112. The first-order valence-corrected chi connectivity index (χ1v) is 35.2. The molecule has 0 atom stereocenters. The van der Waals surface area contributed by atoms with E-state index in [0.29, 0.717) is 0 Å². The van der Waals surface area contributed by atoms with Gasteiger partial charge in [-0.05, 0) is 161 Å². The minimum absolute atomic E-state index is 0.0728. The van der Waals surface area contributed by atoms with Gasteiger partial charge in [0.1, 0.15) is 0 Å². The molecule has 0 amide bonds. The lowest BCUT2D eigenvalue weighted by molar-refractivity contribution is 0.672. The largest absolute Gasteiger partial charge is 0.354 e. The van der Waals surface area contributed by atoms with E-state index in [4.69, 9.17) is 0 Å². The minimum Gasteiger partial charge on any atom is -0.354 e. The molecular formula is C94H65BrN4. The summed E-state index contributed by atoms with van der Waals surface area (Å²) in [4.78, 5) is 3.80. The van der Waals surface area contributed by atoms with Crippen LogP contribution >= 0.6 is 15.9 Å². The van der Waals surface area contributed by atoms with Gasteiger partial charge in [-0.25, -0.2) is 0 Å². The van der Waals surface area contributed by atoms with E-state index in [1.165, 1.54) is 192 Å². The van der Waals surface area contributed by atoms with Crippen LogP contribution in [0.4, 0.5) is 0 Å². The molecule has 1 N–H and O–H groups in total. The highest BCUT2D eigenvalue weighted by Crippen LogP contribution is 2.60. The summed E-state index contributed by atoms with van der Waals surface area (Å²) in [7, 11) is 0. The van der Waals surface area contributed by atoms with Gasteiger partial charge in [0.15, 0.2) is 0 Å². The van der Waals surface area contributed by atoms with Gasteiger partial charge in [-0.1, -0.05) is 274 Å². The fourth-order valence-electron chi connectivity index (χ4n) is 18.1. The van der Waals surface area contributed by atoms with Crippen LogP contribution in [0.25, 0.3) is 170 Å². The molecule has 4 aromatic heterocycles. The van der Waals surface area contributed by atoms with Crippen molar-refractivity contribution in [3.8, 4) is 39.3 Å².